The number of fused-ring (bicyclic) bond motifs is 1. The molecule has 0 spiro atoms. The summed E-state index contributed by atoms with van der Waals surface area (Å²) in [5, 5.41) is 13.2. The van der Waals surface area contributed by atoms with Crippen molar-refractivity contribution < 1.29 is 0 Å². The lowest BCUT2D eigenvalue weighted by Crippen LogP contribution is -2.04. The number of nitrogens with one attached hydrogen (secondary N) is 1. The van der Waals surface area contributed by atoms with E-state index in [4.69, 9.17) is 11.6 Å². The van der Waals surface area contributed by atoms with Crippen molar-refractivity contribution in [2.24, 2.45) is 5.10 Å². The first-order valence-corrected chi connectivity index (χ1v) is 8.16. The topological polar surface area (TPSA) is 93.8 Å². The summed E-state index contributed by atoms with van der Waals surface area (Å²) in [5.74, 6) is 0.473. The van der Waals surface area contributed by atoms with E-state index < -0.39 is 0 Å². The largest absolute Gasteiger partial charge is 0.264 e. The quantitative estimate of drug-likeness (QED) is 0.432. The van der Waals surface area contributed by atoms with Gasteiger partial charge in [0.25, 0.3) is 0 Å². The fraction of sp³-hybridized carbons (Fsp3) is 0.0588. The Bertz CT molecular complexity index is 1060. The Morgan fingerprint density at radius 3 is 2.92 bits per heavy atom. The van der Waals surface area contributed by atoms with Crippen LogP contribution < -0.4 is 5.43 Å². The zero-order valence-corrected chi connectivity index (χ0v) is 14.2. The van der Waals surface area contributed by atoms with Gasteiger partial charge in [-0.25, -0.2) is 14.6 Å². The van der Waals surface area contributed by atoms with Gasteiger partial charge in [0, 0.05) is 23.0 Å². The van der Waals surface area contributed by atoms with E-state index in [0.717, 1.165) is 11.1 Å². The highest BCUT2D eigenvalue weighted by molar-refractivity contribution is 6.31. The zero-order chi connectivity index (χ0) is 17.8. The van der Waals surface area contributed by atoms with Crippen molar-refractivity contribution >= 4 is 34.8 Å². The molecule has 0 fully saturated rings. The normalized spacial score (nSPS) is 11.3. The standard InChI is InChI=1S/C17H13ClN8/c18-14-6-2-1-5-13(14)10-26-17-15(23-25-26)16(20-11-21-17)24-22-9-12-4-3-7-19-8-12/h1-9,11H,10H2,(H,20,21,24)/b22-9+. The van der Waals surface area contributed by atoms with E-state index in [2.05, 4.69) is 35.8 Å². The maximum Gasteiger partial charge on any atom is 0.184 e. The summed E-state index contributed by atoms with van der Waals surface area (Å²) in [6, 6.07) is 11.3. The third-order valence-corrected chi connectivity index (χ3v) is 4.02. The first-order valence-electron chi connectivity index (χ1n) is 7.78. The van der Waals surface area contributed by atoms with Crippen molar-refractivity contribution in [1.29, 1.82) is 0 Å². The van der Waals surface area contributed by atoms with E-state index in [9.17, 15) is 0 Å². The number of hydrogen-bond donors (Lipinski definition) is 1. The predicted octanol–water partition coefficient (Wildman–Crippen LogP) is 2.76. The van der Waals surface area contributed by atoms with Crippen molar-refractivity contribution in [3.8, 4) is 0 Å². The molecular weight excluding hydrogens is 352 g/mol. The smallest absolute Gasteiger partial charge is 0.184 e. The molecule has 128 valence electrons. The van der Waals surface area contributed by atoms with Crippen molar-refractivity contribution in [1.82, 2.24) is 29.9 Å². The van der Waals surface area contributed by atoms with Crippen LogP contribution in [0.25, 0.3) is 11.2 Å². The fourth-order valence-electron chi connectivity index (χ4n) is 2.39. The Balaban J connectivity index is 1.59. The summed E-state index contributed by atoms with van der Waals surface area (Å²) in [6.45, 7) is 0.464. The van der Waals surface area contributed by atoms with Gasteiger partial charge < -0.3 is 0 Å². The summed E-state index contributed by atoms with van der Waals surface area (Å²) < 4.78 is 1.67. The molecule has 1 N–H and O–H groups in total. The highest BCUT2D eigenvalue weighted by atomic mass is 35.5. The lowest BCUT2D eigenvalue weighted by Gasteiger charge is -2.04. The molecule has 0 aliphatic carbocycles. The summed E-state index contributed by atoms with van der Waals surface area (Å²) >= 11 is 6.22. The maximum absolute atomic E-state index is 6.22. The van der Waals surface area contributed by atoms with Gasteiger partial charge in [-0.05, 0) is 17.7 Å². The van der Waals surface area contributed by atoms with Gasteiger partial charge in [0.15, 0.2) is 17.0 Å². The molecular formula is C17H13ClN8. The Hall–Kier alpha value is -3.39. The predicted molar refractivity (Wildman–Crippen MR) is 99.1 cm³/mol. The van der Waals surface area contributed by atoms with E-state index in [0.29, 0.717) is 28.5 Å². The van der Waals surface area contributed by atoms with Crippen LogP contribution in [0, 0.1) is 0 Å². The van der Waals surface area contributed by atoms with Crippen LogP contribution in [0.4, 0.5) is 5.82 Å². The van der Waals surface area contributed by atoms with Gasteiger partial charge in [0.2, 0.25) is 0 Å². The molecule has 3 heterocycles. The molecule has 0 unspecified atom stereocenters. The van der Waals surface area contributed by atoms with Gasteiger partial charge in [-0.3, -0.25) is 10.4 Å². The Labute approximate surface area is 153 Å². The van der Waals surface area contributed by atoms with Crippen LogP contribution >= 0.6 is 11.6 Å². The van der Waals surface area contributed by atoms with Crippen LogP contribution in [-0.2, 0) is 6.54 Å². The Kier molecular flexibility index (Phi) is 4.48. The first-order chi connectivity index (χ1) is 12.8. The van der Waals surface area contributed by atoms with Gasteiger partial charge >= 0.3 is 0 Å². The van der Waals surface area contributed by atoms with E-state index in [-0.39, 0.29) is 0 Å². The van der Waals surface area contributed by atoms with Crippen LogP contribution in [0.5, 0.6) is 0 Å². The monoisotopic (exact) mass is 364 g/mol. The fourth-order valence-corrected chi connectivity index (χ4v) is 2.58. The first kappa shape index (κ1) is 16.1. The highest BCUT2D eigenvalue weighted by Gasteiger charge is 2.12. The van der Waals surface area contributed by atoms with E-state index in [1.807, 2.05) is 36.4 Å². The van der Waals surface area contributed by atoms with Crippen molar-refractivity contribution in [2.45, 2.75) is 6.54 Å². The zero-order valence-electron chi connectivity index (χ0n) is 13.5. The van der Waals surface area contributed by atoms with Crippen LogP contribution in [0.15, 0.2) is 60.2 Å². The molecule has 0 saturated heterocycles. The number of nitrogens with zero attached hydrogens (tertiary/aromatic N) is 7. The van der Waals surface area contributed by atoms with Gasteiger partial charge in [-0.2, -0.15) is 5.10 Å². The Morgan fingerprint density at radius 1 is 1.15 bits per heavy atom. The number of hydrogen-bond acceptors (Lipinski definition) is 7. The molecule has 0 aliphatic heterocycles. The molecule has 9 heteroatoms. The molecule has 1 aromatic carbocycles. The van der Waals surface area contributed by atoms with Crippen LogP contribution in [0.1, 0.15) is 11.1 Å². The molecule has 0 bridgehead atoms. The Morgan fingerprint density at radius 2 is 2.08 bits per heavy atom. The number of benzene rings is 1. The molecule has 26 heavy (non-hydrogen) atoms. The average molecular weight is 365 g/mol. The van der Waals surface area contributed by atoms with Crippen molar-refractivity contribution in [3.05, 3.63) is 71.3 Å². The van der Waals surface area contributed by atoms with E-state index >= 15 is 0 Å². The number of halogens is 1. The molecule has 4 aromatic rings. The molecule has 0 amide bonds. The molecule has 0 atom stereocenters. The van der Waals surface area contributed by atoms with Crippen LogP contribution in [-0.4, -0.2) is 36.2 Å². The van der Waals surface area contributed by atoms with Gasteiger partial charge in [-0.1, -0.05) is 41.1 Å². The SMILES string of the molecule is Clc1ccccc1Cn1nnc2c(N/N=C/c3cccnc3)ncnc21. The molecule has 4 rings (SSSR count). The third kappa shape index (κ3) is 3.35. The minimum absolute atomic E-state index is 0.464. The van der Waals surface area contributed by atoms with Crippen LogP contribution in [0.2, 0.25) is 5.02 Å². The minimum atomic E-state index is 0.464. The minimum Gasteiger partial charge on any atom is -0.264 e. The van der Waals surface area contributed by atoms with Crippen molar-refractivity contribution in [2.75, 3.05) is 5.43 Å². The highest BCUT2D eigenvalue weighted by Crippen LogP contribution is 2.20. The summed E-state index contributed by atoms with van der Waals surface area (Å²) in [4.78, 5) is 12.5. The molecule has 0 aliphatic rings. The second kappa shape index (κ2) is 7.24. The summed E-state index contributed by atoms with van der Waals surface area (Å²) in [7, 11) is 0. The second-order valence-electron chi connectivity index (χ2n) is 5.39. The number of pyridine rings is 1. The number of aromatic nitrogens is 6. The second-order valence-corrected chi connectivity index (χ2v) is 5.80. The number of anilines is 1. The summed E-state index contributed by atoms with van der Waals surface area (Å²) in [6.07, 6.45) is 6.50. The number of hydrazone groups is 1. The summed E-state index contributed by atoms with van der Waals surface area (Å²) in [5.41, 5.74) is 5.80. The average Bonchev–Trinajstić information content (AvgIpc) is 3.08. The van der Waals surface area contributed by atoms with Gasteiger partial charge in [0.05, 0.1) is 12.8 Å². The number of rotatable bonds is 5. The third-order valence-electron chi connectivity index (χ3n) is 3.65. The molecule has 8 nitrogen and oxygen atoms in total. The molecule has 0 saturated carbocycles. The van der Waals surface area contributed by atoms with Crippen molar-refractivity contribution in [3.63, 3.8) is 0 Å². The van der Waals surface area contributed by atoms with Gasteiger partial charge in [0.1, 0.15) is 6.33 Å². The van der Waals surface area contributed by atoms with E-state index in [1.165, 1.54) is 6.33 Å². The van der Waals surface area contributed by atoms with E-state index in [1.54, 1.807) is 23.3 Å². The molecule has 3 aromatic heterocycles. The van der Waals surface area contributed by atoms with Gasteiger partial charge in [-0.15, -0.1) is 5.10 Å². The molecule has 0 radical (unpaired) electrons. The lowest BCUT2D eigenvalue weighted by molar-refractivity contribution is 0.664. The maximum atomic E-state index is 6.22. The lowest BCUT2D eigenvalue weighted by atomic mass is 10.2. The van der Waals surface area contributed by atoms with Crippen LogP contribution in [0.3, 0.4) is 0 Å².